The highest BCUT2D eigenvalue weighted by molar-refractivity contribution is 5.94. The summed E-state index contributed by atoms with van der Waals surface area (Å²) < 4.78 is 12.6. The molecule has 0 spiro atoms. The number of methoxy groups -OCH3 is 2. The molecule has 146 valence electrons. The Morgan fingerprint density at radius 3 is 2.74 bits per heavy atom. The highest BCUT2D eigenvalue weighted by Crippen LogP contribution is 2.23. The van der Waals surface area contributed by atoms with Crippen LogP contribution in [0.4, 0.5) is 0 Å². The second-order valence-electron chi connectivity index (χ2n) is 7.15. The van der Waals surface area contributed by atoms with Crippen LogP contribution in [0.3, 0.4) is 0 Å². The van der Waals surface area contributed by atoms with Crippen molar-refractivity contribution in [3.8, 4) is 5.75 Å². The number of piperidine rings is 1. The van der Waals surface area contributed by atoms with Crippen LogP contribution in [-0.4, -0.2) is 54.3 Å². The van der Waals surface area contributed by atoms with Gasteiger partial charge >= 0.3 is 0 Å². The summed E-state index contributed by atoms with van der Waals surface area (Å²) in [6.07, 6.45) is 4.98. The largest absolute Gasteiger partial charge is 0.497 e. The van der Waals surface area contributed by atoms with Crippen molar-refractivity contribution in [2.24, 2.45) is 5.92 Å². The fraction of sp³-hybridized carbons (Fsp3) is 0.524. The number of hydrogen-bond donors (Lipinski definition) is 0. The summed E-state index contributed by atoms with van der Waals surface area (Å²) in [5.41, 5.74) is 1.87. The highest BCUT2D eigenvalue weighted by Gasteiger charge is 2.26. The zero-order chi connectivity index (χ0) is 19.2. The van der Waals surface area contributed by atoms with Gasteiger partial charge in [0, 0.05) is 50.6 Å². The van der Waals surface area contributed by atoms with Crippen molar-refractivity contribution in [1.82, 2.24) is 14.5 Å². The zero-order valence-electron chi connectivity index (χ0n) is 16.5. The lowest BCUT2D eigenvalue weighted by molar-refractivity contribution is 0.0671. The number of nitrogens with zero attached hydrogens (tertiary/aromatic N) is 3. The third-order valence-electron chi connectivity index (χ3n) is 5.27. The maximum absolute atomic E-state index is 12.9. The van der Waals surface area contributed by atoms with Crippen molar-refractivity contribution in [3.05, 3.63) is 47.5 Å². The molecule has 1 atom stereocenters. The average Bonchev–Trinajstić information content (AvgIpc) is 3.05. The molecule has 2 aromatic rings. The average molecular weight is 371 g/mol. The Balaban J connectivity index is 1.64. The quantitative estimate of drug-likeness (QED) is 0.751. The molecule has 1 aromatic heterocycles. The number of aromatic nitrogens is 2. The molecular formula is C21H29N3O3. The molecular weight excluding hydrogens is 342 g/mol. The fourth-order valence-corrected chi connectivity index (χ4v) is 3.75. The molecule has 1 unspecified atom stereocenters. The van der Waals surface area contributed by atoms with Gasteiger partial charge in [-0.2, -0.15) is 0 Å². The van der Waals surface area contributed by atoms with E-state index in [0.29, 0.717) is 18.1 Å². The normalized spacial score (nSPS) is 17.1. The number of ether oxygens (including phenoxy) is 2. The van der Waals surface area contributed by atoms with Gasteiger partial charge in [-0.15, -0.1) is 0 Å². The summed E-state index contributed by atoms with van der Waals surface area (Å²) in [6.45, 7) is 5.17. The predicted molar refractivity (Wildman–Crippen MR) is 104 cm³/mol. The molecule has 3 rings (SSSR count). The van der Waals surface area contributed by atoms with Gasteiger partial charge in [0.1, 0.15) is 11.6 Å². The summed E-state index contributed by atoms with van der Waals surface area (Å²) in [4.78, 5) is 19.4. The van der Waals surface area contributed by atoms with Gasteiger partial charge in [-0.05, 0) is 49.9 Å². The highest BCUT2D eigenvalue weighted by atomic mass is 16.5. The van der Waals surface area contributed by atoms with Crippen molar-refractivity contribution in [1.29, 1.82) is 0 Å². The Kier molecular flexibility index (Phi) is 6.50. The smallest absolute Gasteiger partial charge is 0.253 e. The van der Waals surface area contributed by atoms with Crippen molar-refractivity contribution in [3.63, 3.8) is 0 Å². The van der Waals surface area contributed by atoms with Gasteiger partial charge in [-0.25, -0.2) is 4.98 Å². The summed E-state index contributed by atoms with van der Waals surface area (Å²) in [7, 11) is 3.35. The summed E-state index contributed by atoms with van der Waals surface area (Å²) >= 11 is 0. The SMILES string of the molecule is COCCn1c(C)cnc1CC1CCCN(C(=O)c2ccc(OC)cc2)C1. The van der Waals surface area contributed by atoms with Gasteiger partial charge in [0.15, 0.2) is 0 Å². The maximum Gasteiger partial charge on any atom is 0.253 e. The first-order valence-electron chi connectivity index (χ1n) is 9.55. The minimum absolute atomic E-state index is 0.0984. The Morgan fingerprint density at radius 2 is 2.04 bits per heavy atom. The first-order valence-corrected chi connectivity index (χ1v) is 9.55. The molecule has 0 bridgehead atoms. The van der Waals surface area contributed by atoms with E-state index in [-0.39, 0.29) is 5.91 Å². The number of hydrogen-bond acceptors (Lipinski definition) is 4. The summed E-state index contributed by atoms with van der Waals surface area (Å²) in [5.74, 6) is 2.39. The number of carbonyl (C=O) groups excluding carboxylic acids is 1. The number of benzene rings is 1. The monoisotopic (exact) mass is 371 g/mol. The molecule has 1 amide bonds. The van der Waals surface area contributed by atoms with E-state index in [2.05, 4.69) is 16.5 Å². The number of rotatable bonds is 7. The van der Waals surface area contributed by atoms with Gasteiger partial charge in [0.2, 0.25) is 0 Å². The molecule has 2 heterocycles. The summed E-state index contributed by atoms with van der Waals surface area (Å²) in [6, 6.07) is 7.35. The third kappa shape index (κ3) is 4.69. The van der Waals surface area contributed by atoms with Crippen LogP contribution in [-0.2, 0) is 17.7 Å². The Hall–Kier alpha value is -2.34. The number of amides is 1. The minimum atomic E-state index is 0.0984. The van der Waals surface area contributed by atoms with E-state index < -0.39 is 0 Å². The first-order chi connectivity index (χ1) is 13.1. The van der Waals surface area contributed by atoms with E-state index in [4.69, 9.17) is 9.47 Å². The maximum atomic E-state index is 12.9. The van der Waals surface area contributed by atoms with E-state index in [1.165, 1.54) is 0 Å². The van der Waals surface area contributed by atoms with Crippen LogP contribution in [0.1, 0.15) is 34.7 Å². The lowest BCUT2D eigenvalue weighted by Crippen LogP contribution is -2.40. The van der Waals surface area contributed by atoms with Crippen LogP contribution in [0.15, 0.2) is 30.5 Å². The lowest BCUT2D eigenvalue weighted by Gasteiger charge is -2.33. The van der Waals surface area contributed by atoms with E-state index in [1.807, 2.05) is 35.4 Å². The van der Waals surface area contributed by atoms with E-state index in [9.17, 15) is 4.79 Å². The zero-order valence-corrected chi connectivity index (χ0v) is 16.5. The first kappa shape index (κ1) is 19.4. The second-order valence-corrected chi connectivity index (χ2v) is 7.15. The van der Waals surface area contributed by atoms with Gasteiger partial charge in [0.25, 0.3) is 5.91 Å². The number of carbonyl (C=O) groups is 1. The van der Waals surface area contributed by atoms with Crippen LogP contribution in [0.2, 0.25) is 0 Å². The topological polar surface area (TPSA) is 56.6 Å². The van der Waals surface area contributed by atoms with Crippen molar-refractivity contribution >= 4 is 5.91 Å². The molecule has 27 heavy (non-hydrogen) atoms. The molecule has 0 saturated carbocycles. The standard InChI is InChI=1S/C21H29N3O3/c1-16-14-22-20(24(16)11-12-26-2)13-17-5-4-10-23(15-17)21(25)18-6-8-19(27-3)9-7-18/h6-9,14,17H,4-5,10-13,15H2,1-3H3. The molecule has 1 aliphatic heterocycles. The third-order valence-corrected chi connectivity index (χ3v) is 5.27. The van der Waals surface area contributed by atoms with Gasteiger partial charge in [-0.3, -0.25) is 4.79 Å². The second kappa shape index (κ2) is 9.04. The predicted octanol–water partition coefficient (Wildman–Crippen LogP) is 2.94. The van der Waals surface area contributed by atoms with E-state index in [1.54, 1.807) is 14.2 Å². The number of imidazole rings is 1. The van der Waals surface area contributed by atoms with Crippen LogP contribution >= 0.6 is 0 Å². The van der Waals surface area contributed by atoms with Gasteiger partial charge in [0.05, 0.1) is 13.7 Å². The fourth-order valence-electron chi connectivity index (χ4n) is 3.75. The molecule has 0 aliphatic carbocycles. The van der Waals surface area contributed by atoms with Crippen LogP contribution in [0, 0.1) is 12.8 Å². The van der Waals surface area contributed by atoms with E-state index in [0.717, 1.165) is 56.2 Å². The summed E-state index contributed by atoms with van der Waals surface area (Å²) in [5, 5.41) is 0. The Bertz CT molecular complexity index is 755. The Labute approximate surface area is 161 Å². The molecule has 0 radical (unpaired) electrons. The van der Waals surface area contributed by atoms with Crippen LogP contribution in [0.25, 0.3) is 0 Å². The number of aryl methyl sites for hydroxylation is 1. The molecule has 6 nitrogen and oxygen atoms in total. The molecule has 0 N–H and O–H groups in total. The van der Waals surface area contributed by atoms with Crippen molar-refractivity contribution in [2.75, 3.05) is 33.9 Å². The lowest BCUT2D eigenvalue weighted by atomic mass is 9.94. The number of likely N-dealkylation sites (tertiary alicyclic amines) is 1. The molecule has 6 heteroatoms. The van der Waals surface area contributed by atoms with Gasteiger partial charge in [-0.1, -0.05) is 0 Å². The molecule has 1 fully saturated rings. The van der Waals surface area contributed by atoms with Crippen molar-refractivity contribution < 1.29 is 14.3 Å². The van der Waals surface area contributed by atoms with Gasteiger partial charge < -0.3 is 18.9 Å². The van der Waals surface area contributed by atoms with E-state index >= 15 is 0 Å². The molecule has 1 aromatic carbocycles. The van der Waals surface area contributed by atoms with Crippen LogP contribution in [0.5, 0.6) is 5.75 Å². The minimum Gasteiger partial charge on any atom is -0.497 e. The Morgan fingerprint density at radius 1 is 1.26 bits per heavy atom. The molecule has 1 aliphatic rings. The molecule has 1 saturated heterocycles. The van der Waals surface area contributed by atoms with Crippen LogP contribution < -0.4 is 4.74 Å². The van der Waals surface area contributed by atoms with Crippen molar-refractivity contribution in [2.45, 2.75) is 32.7 Å².